The van der Waals surface area contributed by atoms with Crippen molar-refractivity contribution >= 4 is 65.6 Å². The van der Waals surface area contributed by atoms with Gasteiger partial charge in [-0.2, -0.15) is 9.97 Å². The topological polar surface area (TPSA) is 61.7 Å². The Hall–Kier alpha value is -8.61. The summed E-state index contributed by atoms with van der Waals surface area (Å²) in [6.07, 6.45) is 0. The number of hydrogen-bond acceptors (Lipinski definition) is 4. The molecule has 0 bridgehead atoms. The number of furan rings is 1. The van der Waals surface area contributed by atoms with E-state index in [0.29, 0.717) is 17.6 Å². The average Bonchev–Trinajstić information content (AvgIpc) is 4.02. The molecule has 6 nitrogen and oxygen atoms in total. The van der Waals surface area contributed by atoms with E-state index in [9.17, 15) is 0 Å². The lowest BCUT2D eigenvalue weighted by atomic mass is 9.94. The Morgan fingerprint density at radius 3 is 1.60 bits per heavy atom. The molecule has 13 rings (SSSR count). The maximum Gasteiger partial charge on any atom is 0.238 e. The number of fused-ring (bicyclic) bond motifs is 10. The first-order chi connectivity index (χ1) is 31.2. The van der Waals surface area contributed by atoms with Gasteiger partial charge in [0.25, 0.3) is 0 Å². The van der Waals surface area contributed by atoms with Crippen LogP contribution in [-0.4, -0.2) is 24.1 Å². The summed E-state index contributed by atoms with van der Waals surface area (Å²) in [7, 11) is 0. The predicted octanol–water partition coefficient (Wildman–Crippen LogP) is 14.6. The zero-order chi connectivity index (χ0) is 41.4. The van der Waals surface area contributed by atoms with Crippen molar-refractivity contribution in [2.45, 2.75) is 0 Å². The monoisotopic (exact) mass is 805 g/mol. The predicted molar refractivity (Wildman–Crippen MR) is 258 cm³/mol. The van der Waals surface area contributed by atoms with E-state index < -0.39 is 0 Å². The van der Waals surface area contributed by atoms with Crippen molar-refractivity contribution in [3.8, 4) is 56.7 Å². The van der Waals surface area contributed by atoms with Crippen LogP contribution in [0.4, 0.5) is 0 Å². The van der Waals surface area contributed by atoms with Crippen molar-refractivity contribution in [3.05, 3.63) is 212 Å². The van der Waals surface area contributed by atoms with E-state index in [1.807, 2.05) is 12.1 Å². The van der Waals surface area contributed by atoms with Gasteiger partial charge in [0, 0.05) is 49.1 Å². The Morgan fingerprint density at radius 2 is 0.857 bits per heavy atom. The van der Waals surface area contributed by atoms with E-state index in [-0.39, 0.29) is 0 Å². The molecule has 0 aliphatic heterocycles. The van der Waals surface area contributed by atoms with Gasteiger partial charge in [-0.1, -0.05) is 158 Å². The van der Waals surface area contributed by atoms with E-state index in [2.05, 4.69) is 209 Å². The van der Waals surface area contributed by atoms with Gasteiger partial charge in [-0.3, -0.25) is 4.57 Å². The highest BCUT2D eigenvalue weighted by Gasteiger charge is 2.23. The van der Waals surface area contributed by atoms with Gasteiger partial charge in [0.1, 0.15) is 11.1 Å². The minimum Gasteiger partial charge on any atom is -0.454 e. The van der Waals surface area contributed by atoms with Crippen molar-refractivity contribution in [3.63, 3.8) is 0 Å². The van der Waals surface area contributed by atoms with Crippen LogP contribution in [0.15, 0.2) is 217 Å². The fraction of sp³-hybridized carbons (Fsp3) is 0. The number of aromatic nitrogens is 5. The van der Waals surface area contributed by atoms with Crippen LogP contribution in [0, 0.1) is 0 Å². The second-order valence-electron chi connectivity index (χ2n) is 16.0. The molecule has 0 fully saturated rings. The van der Waals surface area contributed by atoms with E-state index in [1.54, 1.807) is 0 Å². The lowest BCUT2D eigenvalue weighted by Gasteiger charge is -2.13. The van der Waals surface area contributed by atoms with Crippen molar-refractivity contribution < 1.29 is 4.42 Å². The molecule has 13 aromatic rings. The van der Waals surface area contributed by atoms with Gasteiger partial charge in [-0.05, 0) is 76.9 Å². The summed E-state index contributed by atoms with van der Waals surface area (Å²) in [5, 5.41) is 6.56. The highest BCUT2D eigenvalue weighted by molar-refractivity contribution is 6.21. The fourth-order valence-electron chi connectivity index (χ4n) is 9.53. The molecule has 0 radical (unpaired) electrons. The molecule has 63 heavy (non-hydrogen) atoms. The van der Waals surface area contributed by atoms with Gasteiger partial charge < -0.3 is 8.98 Å². The summed E-state index contributed by atoms with van der Waals surface area (Å²) >= 11 is 0. The molecule has 294 valence electrons. The third kappa shape index (κ3) is 5.55. The average molecular weight is 806 g/mol. The summed E-state index contributed by atoms with van der Waals surface area (Å²) in [6, 6.07) is 74.4. The zero-order valence-corrected chi connectivity index (χ0v) is 33.9. The van der Waals surface area contributed by atoms with Crippen LogP contribution in [0.2, 0.25) is 0 Å². The Bertz CT molecular complexity index is 3900. The zero-order valence-electron chi connectivity index (χ0n) is 33.9. The molecule has 0 amide bonds. The van der Waals surface area contributed by atoms with Crippen LogP contribution in [0.25, 0.3) is 122 Å². The second-order valence-corrected chi connectivity index (χ2v) is 16.0. The van der Waals surface area contributed by atoms with Gasteiger partial charge in [-0.25, -0.2) is 4.98 Å². The smallest absolute Gasteiger partial charge is 0.238 e. The van der Waals surface area contributed by atoms with E-state index in [0.717, 1.165) is 93.5 Å². The molecule has 0 N–H and O–H groups in total. The van der Waals surface area contributed by atoms with Gasteiger partial charge in [0.2, 0.25) is 5.95 Å². The Labute approximate surface area is 361 Å². The molecule has 6 heteroatoms. The standard InChI is InChI=1S/C57H35N5O/c1-3-15-36(16-4-1)41-19-7-8-20-42(41)37-27-29-38(30-28-37)55-58-56(39-31-34-51-48(35-39)44-22-10-12-24-49(44)61(51)40-17-5-2-6-18-40)60-57(59-55)62-50-25-13-9-21-43(50)46-32-33-47-45-23-11-14-26-52(45)63-54(47)53(46)62/h1-35H. The van der Waals surface area contributed by atoms with Crippen molar-refractivity contribution in [1.82, 2.24) is 24.1 Å². The molecule has 0 aliphatic rings. The van der Waals surface area contributed by atoms with E-state index >= 15 is 0 Å². The van der Waals surface area contributed by atoms with Crippen LogP contribution in [-0.2, 0) is 0 Å². The van der Waals surface area contributed by atoms with Crippen LogP contribution in [0.5, 0.6) is 0 Å². The van der Waals surface area contributed by atoms with Crippen LogP contribution >= 0.6 is 0 Å². The van der Waals surface area contributed by atoms with E-state index in [4.69, 9.17) is 19.4 Å². The van der Waals surface area contributed by atoms with Gasteiger partial charge >= 0.3 is 0 Å². The first-order valence-corrected chi connectivity index (χ1v) is 21.2. The molecule has 0 atom stereocenters. The van der Waals surface area contributed by atoms with Gasteiger partial charge in [-0.15, -0.1) is 0 Å². The molecule has 0 saturated heterocycles. The molecular formula is C57H35N5O. The third-order valence-electron chi connectivity index (χ3n) is 12.4. The summed E-state index contributed by atoms with van der Waals surface area (Å²) in [6.45, 7) is 0. The molecular weight excluding hydrogens is 771 g/mol. The number of benzene rings is 9. The van der Waals surface area contributed by atoms with Crippen molar-refractivity contribution in [2.24, 2.45) is 0 Å². The summed E-state index contributed by atoms with van der Waals surface area (Å²) in [4.78, 5) is 16.0. The molecule has 4 heterocycles. The summed E-state index contributed by atoms with van der Waals surface area (Å²) in [5.41, 5.74) is 13.3. The maximum atomic E-state index is 6.72. The summed E-state index contributed by atoms with van der Waals surface area (Å²) in [5.74, 6) is 1.67. The second kappa shape index (κ2) is 14.0. The number of nitrogens with zero attached hydrogens (tertiary/aromatic N) is 5. The Kier molecular flexibility index (Phi) is 7.80. The Balaban J connectivity index is 1.05. The van der Waals surface area contributed by atoms with Crippen molar-refractivity contribution in [2.75, 3.05) is 0 Å². The van der Waals surface area contributed by atoms with Gasteiger partial charge in [0.05, 0.1) is 16.6 Å². The fourth-order valence-corrected chi connectivity index (χ4v) is 9.53. The first kappa shape index (κ1) is 35.2. The molecule has 4 aromatic heterocycles. The van der Waals surface area contributed by atoms with E-state index in [1.165, 1.54) is 11.1 Å². The summed E-state index contributed by atoms with van der Waals surface area (Å²) < 4.78 is 11.2. The highest BCUT2D eigenvalue weighted by Crippen LogP contribution is 2.41. The minimum atomic E-state index is 0.513. The van der Waals surface area contributed by atoms with Crippen LogP contribution < -0.4 is 0 Å². The van der Waals surface area contributed by atoms with Crippen LogP contribution in [0.1, 0.15) is 0 Å². The van der Waals surface area contributed by atoms with Crippen LogP contribution in [0.3, 0.4) is 0 Å². The van der Waals surface area contributed by atoms with Gasteiger partial charge in [0.15, 0.2) is 17.2 Å². The number of hydrogen-bond donors (Lipinski definition) is 0. The number of rotatable bonds is 6. The molecule has 9 aromatic carbocycles. The highest BCUT2D eigenvalue weighted by atomic mass is 16.3. The molecule has 0 aliphatic carbocycles. The maximum absolute atomic E-state index is 6.72. The minimum absolute atomic E-state index is 0.513. The van der Waals surface area contributed by atoms with Crippen molar-refractivity contribution in [1.29, 1.82) is 0 Å². The SMILES string of the molecule is c1ccc(-c2ccccc2-c2ccc(-c3nc(-c4ccc5c(c4)c4ccccc4n5-c4ccccc4)nc(-n4c5ccccc5c5ccc6c7ccccc7oc6c54)n3)cc2)cc1. The lowest BCUT2D eigenvalue weighted by molar-refractivity contribution is 0.670. The number of para-hydroxylation sites is 4. The lowest BCUT2D eigenvalue weighted by Crippen LogP contribution is -2.06. The quantitative estimate of drug-likeness (QED) is 0.168. The largest absolute Gasteiger partial charge is 0.454 e. The Morgan fingerprint density at radius 1 is 0.333 bits per heavy atom. The molecule has 0 saturated carbocycles. The molecule has 0 unspecified atom stereocenters. The normalized spacial score (nSPS) is 11.8. The first-order valence-electron chi connectivity index (χ1n) is 21.2. The third-order valence-corrected chi connectivity index (χ3v) is 12.4. The molecule has 0 spiro atoms.